The van der Waals surface area contributed by atoms with E-state index in [1.54, 1.807) is 0 Å². The van der Waals surface area contributed by atoms with E-state index in [0.29, 0.717) is 12.3 Å². The van der Waals surface area contributed by atoms with Gasteiger partial charge >= 0.3 is 0 Å². The molecule has 1 N–H and O–H groups in total. The Labute approximate surface area is 87.5 Å². The van der Waals surface area contributed by atoms with Gasteiger partial charge in [0.05, 0.1) is 0 Å². The second kappa shape index (κ2) is 4.81. The minimum absolute atomic E-state index is 0.145. The van der Waals surface area contributed by atoms with E-state index in [1.807, 2.05) is 0 Å². The predicted octanol–water partition coefficient (Wildman–Crippen LogP) is 2.87. The van der Waals surface area contributed by atoms with Crippen LogP contribution in [0.1, 0.15) is 59.3 Å². The second-order valence-electron chi connectivity index (χ2n) is 4.99. The second-order valence-corrected chi connectivity index (χ2v) is 4.99. The smallest absolute Gasteiger partial charge is 0.220 e. The molecule has 0 heterocycles. The normalized spacial score (nSPS) is 20.0. The number of hydrogen-bond acceptors (Lipinski definition) is 1. The third kappa shape index (κ3) is 3.00. The molecule has 0 aromatic heterocycles. The molecule has 1 aliphatic rings. The van der Waals surface area contributed by atoms with Crippen molar-refractivity contribution in [3.63, 3.8) is 0 Å². The van der Waals surface area contributed by atoms with Gasteiger partial charge in [0, 0.05) is 12.0 Å². The molecule has 0 bridgehead atoms. The average molecular weight is 197 g/mol. The summed E-state index contributed by atoms with van der Waals surface area (Å²) < 4.78 is 0. The minimum Gasteiger partial charge on any atom is -0.351 e. The number of hydrogen-bond donors (Lipinski definition) is 1. The first-order valence-corrected chi connectivity index (χ1v) is 5.89. The Morgan fingerprint density at radius 1 is 1.36 bits per heavy atom. The quantitative estimate of drug-likeness (QED) is 0.737. The summed E-state index contributed by atoms with van der Waals surface area (Å²) in [6.45, 7) is 6.36. The fourth-order valence-corrected chi connectivity index (χ4v) is 2.34. The Hall–Kier alpha value is -0.530. The van der Waals surface area contributed by atoms with Crippen LogP contribution in [0.5, 0.6) is 0 Å². The first kappa shape index (κ1) is 11.5. The lowest BCUT2D eigenvalue weighted by atomic mass is 9.93. The van der Waals surface area contributed by atoms with E-state index in [4.69, 9.17) is 0 Å². The maximum Gasteiger partial charge on any atom is 0.220 e. The monoisotopic (exact) mass is 197 g/mol. The molecule has 0 aromatic carbocycles. The van der Waals surface area contributed by atoms with Crippen molar-refractivity contribution in [3.05, 3.63) is 0 Å². The zero-order valence-electron chi connectivity index (χ0n) is 9.73. The highest BCUT2D eigenvalue weighted by Crippen LogP contribution is 2.32. The van der Waals surface area contributed by atoms with Gasteiger partial charge in [0.25, 0.3) is 0 Å². The van der Waals surface area contributed by atoms with Gasteiger partial charge in [-0.25, -0.2) is 0 Å². The van der Waals surface area contributed by atoms with Crippen molar-refractivity contribution >= 4 is 5.91 Å². The Morgan fingerprint density at radius 3 is 2.36 bits per heavy atom. The highest BCUT2D eigenvalue weighted by molar-refractivity contribution is 5.77. The summed E-state index contributed by atoms with van der Waals surface area (Å²) in [6, 6.07) is 0. The van der Waals surface area contributed by atoms with Crippen LogP contribution >= 0.6 is 0 Å². The molecule has 0 radical (unpaired) electrons. The molecule has 0 aromatic rings. The molecule has 0 spiro atoms. The third-order valence-corrected chi connectivity index (χ3v) is 3.24. The Bertz CT molecular complexity index is 192. The summed E-state index contributed by atoms with van der Waals surface area (Å²) >= 11 is 0. The van der Waals surface area contributed by atoms with Crippen molar-refractivity contribution in [1.29, 1.82) is 0 Å². The highest BCUT2D eigenvalue weighted by Gasteiger charge is 2.33. The van der Waals surface area contributed by atoms with Gasteiger partial charge in [0.2, 0.25) is 5.91 Å². The number of rotatable bonds is 4. The molecule has 1 saturated carbocycles. The zero-order chi connectivity index (χ0) is 10.6. The molecule has 1 fully saturated rings. The molecule has 0 aliphatic heterocycles. The lowest BCUT2D eigenvalue weighted by molar-refractivity contribution is -0.123. The highest BCUT2D eigenvalue weighted by atomic mass is 16.1. The van der Waals surface area contributed by atoms with Crippen molar-refractivity contribution in [3.8, 4) is 0 Å². The Morgan fingerprint density at radius 2 is 1.93 bits per heavy atom. The molecule has 0 unspecified atom stereocenters. The largest absolute Gasteiger partial charge is 0.351 e. The molecule has 1 aliphatic carbocycles. The topological polar surface area (TPSA) is 29.1 Å². The summed E-state index contributed by atoms with van der Waals surface area (Å²) in [5, 5.41) is 3.23. The van der Waals surface area contributed by atoms with E-state index in [-0.39, 0.29) is 11.4 Å². The predicted molar refractivity (Wildman–Crippen MR) is 59.1 cm³/mol. The lowest BCUT2D eigenvalue weighted by Gasteiger charge is -2.29. The Kier molecular flexibility index (Phi) is 3.97. The van der Waals surface area contributed by atoms with E-state index in [0.717, 1.165) is 6.42 Å². The number of carbonyl (C=O) groups is 1. The fourth-order valence-electron chi connectivity index (χ4n) is 2.34. The first-order chi connectivity index (χ1) is 6.58. The van der Waals surface area contributed by atoms with Gasteiger partial charge in [0.1, 0.15) is 0 Å². The van der Waals surface area contributed by atoms with Gasteiger partial charge in [-0.15, -0.1) is 0 Å². The van der Waals surface area contributed by atoms with Crippen LogP contribution in [0.15, 0.2) is 0 Å². The van der Waals surface area contributed by atoms with Crippen LogP contribution in [0, 0.1) is 5.92 Å². The first-order valence-electron chi connectivity index (χ1n) is 5.89. The van der Waals surface area contributed by atoms with Crippen LogP contribution in [-0.2, 0) is 4.79 Å². The molecule has 0 saturated heterocycles. The van der Waals surface area contributed by atoms with Crippen molar-refractivity contribution in [1.82, 2.24) is 5.32 Å². The van der Waals surface area contributed by atoms with Gasteiger partial charge in [-0.3, -0.25) is 4.79 Å². The van der Waals surface area contributed by atoms with Crippen LogP contribution in [0.25, 0.3) is 0 Å². The maximum absolute atomic E-state index is 11.7. The standard InChI is InChI=1S/C12H23NO/c1-4-12(7-5-6-8-12)13-11(14)9-10(2)3/h10H,4-9H2,1-3H3,(H,13,14). The van der Waals surface area contributed by atoms with Gasteiger partial charge in [0.15, 0.2) is 0 Å². The number of carbonyl (C=O) groups excluding carboxylic acids is 1. The molecule has 2 nitrogen and oxygen atoms in total. The fraction of sp³-hybridized carbons (Fsp3) is 0.917. The van der Waals surface area contributed by atoms with Crippen LogP contribution in [-0.4, -0.2) is 11.4 Å². The SMILES string of the molecule is CCC1(NC(=O)CC(C)C)CCCC1. The molecule has 1 amide bonds. The van der Waals surface area contributed by atoms with Crippen molar-refractivity contribution in [2.24, 2.45) is 5.92 Å². The van der Waals surface area contributed by atoms with Gasteiger partial charge < -0.3 is 5.32 Å². The van der Waals surface area contributed by atoms with Crippen molar-refractivity contribution in [2.45, 2.75) is 64.8 Å². The molecular weight excluding hydrogens is 174 g/mol. The summed E-state index contributed by atoms with van der Waals surface area (Å²) in [6.07, 6.45) is 6.64. The molecule has 82 valence electrons. The number of nitrogens with one attached hydrogen (secondary N) is 1. The summed E-state index contributed by atoms with van der Waals surface area (Å²) in [7, 11) is 0. The van der Waals surface area contributed by atoms with E-state index in [9.17, 15) is 4.79 Å². The van der Waals surface area contributed by atoms with Gasteiger partial charge in [-0.2, -0.15) is 0 Å². The molecule has 2 heteroatoms. The van der Waals surface area contributed by atoms with Crippen LogP contribution in [0.3, 0.4) is 0 Å². The minimum atomic E-state index is 0.145. The molecule has 1 rings (SSSR count). The molecule has 14 heavy (non-hydrogen) atoms. The van der Waals surface area contributed by atoms with Crippen LogP contribution in [0.2, 0.25) is 0 Å². The van der Waals surface area contributed by atoms with E-state index < -0.39 is 0 Å². The van der Waals surface area contributed by atoms with Crippen LogP contribution < -0.4 is 5.32 Å². The summed E-state index contributed by atoms with van der Waals surface area (Å²) in [5.41, 5.74) is 0.145. The number of amides is 1. The lowest BCUT2D eigenvalue weighted by Crippen LogP contribution is -2.46. The van der Waals surface area contributed by atoms with Crippen LogP contribution in [0.4, 0.5) is 0 Å². The van der Waals surface area contributed by atoms with Gasteiger partial charge in [-0.1, -0.05) is 33.6 Å². The average Bonchev–Trinajstić information content (AvgIpc) is 2.52. The third-order valence-electron chi connectivity index (χ3n) is 3.24. The summed E-state index contributed by atoms with van der Waals surface area (Å²) in [5.74, 6) is 0.703. The zero-order valence-corrected chi connectivity index (χ0v) is 9.73. The van der Waals surface area contributed by atoms with E-state index >= 15 is 0 Å². The molecular formula is C12H23NO. The van der Waals surface area contributed by atoms with Crippen molar-refractivity contribution in [2.75, 3.05) is 0 Å². The summed E-state index contributed by atoms with van der Waals surface area (Å²) in [4.78, 5) is 11.7. The van der Waals surface area contributed by atoms with E-state index in [1.165, 1.54) is 25.7 Å². The van der Waals surface area contributed by atoms with Gasteiger partial charge in [-0.05, 0) is 25.2 Å². The molecule has 0 atom stereocenters. The maximum atomic E-state index is 11.7. The van der Waals surface area contributed by atoms with E-state index in [2.05, 4.69) is 26.1 Å². The Balaban J connectivity index is 2.44. The van der Waals surface area contributed by atoms with Crippen molar-refractivity contribution < 1.29 is 4.79 Å².